The van der Waals surface area contributed by atoms with E-state index in [1.807, 2.05) is 36.4 Å². The lowest BCUT2D eigenvalue weighted by atomic mass is 10.0. The van der Waals surface area contributed by atoms with E-state index in [0.717, 1.165) is 17.7 Å². The van der Waals surface area contributed by atoms with E-state index in [-0.39, 0.29) is 31.3 Å². The van der Waals surface area contributed by atoms with Crippen LogP contribution in [0.5, 0.6) is 11.5 Å². The average molecular weight is 370 g/mol. The molecule has 142 valence electrons. The number of nitrogens with zero attached hydrogens (tertiary/aromatic N) is 1. The zero-order valence-electron chi connectivity index (χ0n) is 14.9. The number of fused-ring (bicyclic) bond motifs is 1. The normalized spacial score (nSPS) is 21.0. The molecule has 4 rings (SSSR count). The standard InChI is InChI=1S/C20H22N2O5/c23-20(10-14-4-5-17-18(9-14)27-13-26-17)22-16-6-8-24-12-19(16)25-11-15-3-1-2-7-21-15/h1-5,7,9,16,19H,6,8,10-13H2,(H,22,23). The van der Waals surface area contributed by atoms with E-state index in [1.165, 1.54) is 0 Å². The summed E-state index contributed by atoms with van der Waals surface area (Å²) in [5.41, 5.74) is 1.74. The van der Waals surface area contributed by atoms with Gasteiger partial charge in [-0.25, -0.2) is 0 Å². The van der Waals surface area contributed by atoms with Crippen LogP contribution in [0.4, 0.5) is 0 Å². The molecule has 27 heavy (non-hydrogen) atoms. The molecule has 0 spiro atoms. The molecule has 3 heterocycles. The third-order valence-electron chi connectivity index (χ3n) is 4.62. The predicted octanol–water partition coefficient (Wildman–Crippen LogP) is 1.84. The summed E-state index contributed by atoms with van der Waals surface area (Å²) in [4.78, 5) is 16.8. The van der Waals surface area contributed by atoms with E-state index in [2.05, 4.69) is 10.3 Å². The highest BCUT2D eigenvalue weighted by Gasteiger charge is 2.28. The maximum Gasteiger partial charge on any atom is 0.231 e. The smallest absolute Gasteiger partial charge is 0.231 e. The Morgan fingerprint density at radius 2 is 2.15 bits per heavy atom. The monoisotopic (exact) mass is 370 g/mol. The van der Waals surface area contributed by atoms with Crippen molar-refractivity contribution in [2.24, 2.45) is 0 Å². The van der Waals surface area contributed by atoms with Crippen LogP contribution in [0.3, 0.4) is 0 Å². The second-order valence-corrected chi connectivity index (χ2v) is 6.57. The van der Waals surface area contributed by atoms with Gasteiger partial charge in [0.15, 0.2) is 11.5 Å². The van der Waals surface area contributed by atoms with Crippen molar-refractivity contribution in [3.05, 3.63) is 53.9 Å². The molecule has 0 saturated carbocycles. The maximum absolute atomic E-state index is 12.5. The molecule has 2 aliphatic heterocycles. The van der Waals surface area contributed by atoms with Gasteiger partial charge in [0.1, 0.15) is 6.10 Å². The molecular weight excluding hydrogens is 348 g/mol. The Morgan fingerprint density at radius 3 is 3.04 bits per heavy atom. The molecular formula is C20H22N2O5. The molecule has 7 heteroatoms. The van der Waals surface area contributed by atoms with Crippen molar-refractivity contribution in [3.8, 4) is 11.5 Å². The van der Waals surface area contributed by atoms with Crippen LogP contribution in [-0.2, 0) is 27.3 Å². The third kappa shape index (κ3) is 4.56. The number of aromatic nitrogens is 1. The molecule has 2 atom stereocenters. The second kappa shape index (κ2) is 8.37. The molecule has 1 N–H and O–H groups in total. The van der Waals surface area contributed by atoms with Crippen LogP contribution in [0.15, 0.2) is 42.6 Å². The minimum absolute atomic E-state index is 0.0489. The fourth-order valence-corrected chi connectivity index (χ4v) is 3.21. The van der Waals surface area contributed by atoms with E-state index in [4.69, 9.17) is 18.9 Å². The van der Waals surface area contributed by atoms with Crippen LogP contribution in [0, 0.1) is 0 Å². The quantitative estimate of drug-likeness (QED) is 0.836. The molecule has 0 bridgehead atoms. The highest BCUT2D eigenvalue weighted by atomic mass is 16.7. The van der Waals surface area contributed by atoms with Crippen LogP contribution in [0.25, 0.3) is 0 Å². The Hall–Kier alpha value is -2.64. The molecule has 7 nitrogen and oxygen atoms in total. The van der Waals surface area contributed by atoms with Crippen LogP contribution in [0.1, 0.15) is 17.7 Å². The van der Waals surface area contributed by atoms with E-state index in [0.29, 0.717) is 31.3 Å². The zero-order valence-corrected chi connectivity index (χ0v) is 14.9. The summed E-state index contributed by atoms with van der Waals surface area (Å²) in [5.74, 6) is 1.35. The van der Waals surface area contributed by atoms with Crippen molar-refractivity contribution in [1.29, 1.82) is 0 Å². The van der Waals surface area contributed by atoms with Gasteiger partial charge in [-0.3, -0.25) is 9.78 Å². The highest BCUT2D eigenvalue weighted by Crippen LogP contribution is 2.32. The third-order valence-corrected chi connectivity index (χ3v) is 4.62. The Bertz CT molecular complexity index is 783. The minimum Gasteiger partial charge on any atom is -0.454 e. The summed E-state index contributed by atoms with van der Waals surface area (Å²) in [6.07, 6.45) is 2.54. The fraction of sp³-hybridized carbons (Fsp3) is 0.400. The first kappa shape index (κ1) is 17.8. The van der Waals surface area contributed by atoms with Gasteiger partial charge in [0.05, 0.1) is 31.4 Å². The van der Waals surface area contributed by atoms with E-state index < -0.39 is 0 Å². The van der Waals surface area contributed by atoms with E-state index in [9.17, 15) is 4.79 Å². The second-order valence-electron chi connectivity index (χ2n) is 6.57. The molecule has 0 aliphatic carbocycles. The van der Waals surface area contributed by atoms with Crippen LogP contribution < -0.4 is 14.8 Å². The molecule has 0 radical (unpaired) electrons. The first-order valence-corrected chi connectivity index (χ1v) is 9.05. The summed E-state index contributed by atoms with van der Waals surface area (Å²) < 4.78 is 22.1. The van der Waals surface area contributed by atoms with Gasteiger partial charge < -0.3 is 24.3 Å². The molecule has 1 amide bonds. The van der Waals surface area contributed by atoms with Crippen molar-refractivity contribution in [2.45, 2.75) is 31.6 Å². The minimum atomic E-state index is -0.193. The van der Waals surface area contributed by atoms with E-state index in [1.54, 1.807) is 6.20 Å². The average Bonchev–Trinajstić information content (AvgIpc) is 3.16. The first-order valence-electron chi connectivity index (χ1n) is 9.05. The number of amides is 1. The van der Waals surface area contributed by atoms with Crippen molar-refractivity contribution < 1.29 is 23.7 Å². The number of benzene rings is 1. The van der Waals surface area contributed by atoms with Gasteiger partial charge in [-0.2, -0.15) is 0 Å². The number of rotatable bonds is 6. The predicted molar refractivity (Wildman–Crippen MR) is 96.4 cm³/mol. The number of carbonyl (C=O) groups excluding carboxylic acids is 1. The van der Waals surface area contributed by atoms with Crippen molar-refractivity contribution >= 4 is 5.91 Å². The van der Waals surface area contributed by atoms with Gasteiger partial charge in [-0.05, 0) is 36.2 Å². The highest BCUT2D eigenvalue weighted by molar-refractivity contribution is 5.79. The molecule has 2 unspecified atom stereocenters. The SMILES string of the molecule is O=C(Cc1ccc2c(c1)OCO2)NC1CCOCC1OCc1ccccn1. The lowest BCUT2D eigenvalue weighted by Gasteiger charge is -2.32. The maximum atomic E-state index is 12.5. The topological polar surface area (TPSA) is 78.9 Å². The summed E-state index contributed by atoms with van der Waals surface area (Å²) in [7, 11) is 0. The number of carbonyl (C=O) groups is 1. The molecule has 1 fully saturated rings. The lowest BCUT2D eigenvalue weighted by molar-refractivity contribution is -0.126. The Morgan fingerprint density at radius 1 is 1.22 bits per heavy atom. The van der Waals surface area contributed by atoms with Gasteiger partial charge >= 0.3 is 0 Å². The van der Waals surface area contributed by atoms with Gasteiger partial charge in [0, 0.05) is 12.8 Å². The van der Waals surface area contributed by atoms with Gasteiger partial charge in [-0.1, -0.05) is 12.1 Å². The number of hydrogen-bond acceptors (Lipinski definition) is 6. The molecule has 2 aromatic rings. The largest absolute Gasteiger partial charge is 0.454 e. The Kier molecular flexibility index (Phi) is 5.50. The van der Waals surface area contributed by atoms with Gasteiger partial charge in [0.2, 0.25) is 12.7 Å². The number of ether oxygens (including phenoxy) is 4. The van der Waals surface area contributed by atoms with Crippen LogP contribution in [0.2, 0.25) is 0 Å². The Balaban J connectivity index is 1.32. The summed E-state index contributed by atoms with van der Waals surface area (Å²) in [6.45, 7) is 1.69. The fourth-order valence-electron chi connectivity index (χ4n) is 3.21. The van der Waals surface area contributed by atoms with E-state index >= 15 is 0 Å². The van der Waals surface area contributed by atoms with Gasteiger partial charge in [-0.15, -0.1) is 0 Å². The molecule has 2 aliphatic rings. The first-order chi connectivity index (χ1) is 13.3. The summed E-state index contributed by atoms with van der Waals surface area (Å²) in [5, 5.41) is 3.09. The number of nitrogens with one attached hydrogen (secondary N) is 1. The Labute approximate surface area is 157 Å². The van der Waals surface area contributed by atoms with Crippen molar-refractivity contribution in [3.63, 3.8) is 0 Å². The van der Waals surface area contributed by atoms with Crippen LogP contribution >= 0.6 is 0 Å². The molecule has 1 aromatic carbocycles. The number of hydrogen-bond donors (Lipinski definition) is 1. The summed E-state index contributed by atoms with van der Waals surface area (Å²) in [6, 6.07) is 11.2. The molecule has 1 saturated heterocycles. The summed E-state index contributed by atoms with van der Waals surface area (Å²) >= 11 is 0. The van der Waals surface area contributed by atoms with Crippen molar-refractivity contribution in [2.75, 3.05) is 20.0 Å². The lowest BCUT2D eigenvalue weighted by Crippen LogP contribution is -2.50. The van der Waals surface area contributed by atoms with Crippen LogP contribution in [-0.4, -0.2) is 43.0 Å². The molecule has 1 aromatic heterocycles. The zero-order chi connectivity index (χ0) is 18.5. The van der Waals surface area contributed by atoms with Gasteiger partial charge in [0.25, 0.3) is 0 Å². The van der Waals surface area contributed by atoms with Crippen molar-refractivity contribution in [1.82, 2.24) is 10.3 Å². The number of pyridine rings is 1.